The standard InChI is InChI=1S/C21H19F3N2S/c1-13-9-15(3)18(10-14(13)2)19-7-8-20(26-25-19)27-12-16-5-4-6-17(11-16)21(22,23)24/h4-11H,12H2,1-3H3. The van der Waals surface area contributed by atoms with E-state index in [1.54, 1.807) is 6.07 Å². The van der Waals surface area contributed by atoms with E-state index in [-0.39, 0.29) is 0 Å². The normalized spacial score (nSPS) is 11.6. The van der Waals surface area contributed by atoms with Gasteiger partial charge < -0.3 is 0 Å². The Morgan fingerprint density at radius 2 is 1.59 bits per heavy atom. The molecule has 0 saturated carbocycles. The summed E-state index contributed by atoms with van der Waals surface area (Å²) in [5, 5.41) is 9.20. The smallest absolute Gasteiger partial charge is 0.166 e. The molecule has 0 saturated heterocycles. The minimum absolute atomic E-state index is 0.403. The molecule has 0 atom stereocenters. The van der Waals surface area contributed by atoms with Gasteiger partial charge in [0.15, 0.2) is 0 Å². The van der Waals surface area contributed by atoms with Crippen molar-refractivity contribution in [3.05, 3.63) is 76.3 Å². The van der Waals surface area contributed by atoms with Crippen LogP contribution in [0.1, 0.15) is 27.8 Å². The minimum Gasteiger partial charge on any atom is -0.166 e. The Kier molecular flexibility index (Phi) is 5.56. The number of hydrogen-bond acceptors (Lipinski definition) is 3. The van der Waals surface area contributed by atoms with Crippen LogP contribution in [0.3, 0.4) is 0 Å². The summed E-state index contributed by atoms with van der Waals surface area (Å²) in [6.07, 6.45) is -4.33. The van der Waals surface area contributed by atoms with Crippen molar-refractivity contribution in [3.63, 3.8) is 0 Å². The van der Waals surface area contributed by atoms with Crippen molar-refractivity contribution in [2.45, 2.75) is 37.7 Å². The molecule has 0 N–H and O–H groups in total. The first-order chi connectivity index (χ1) is 12.7. The van der Waals surface area contributed by atoms with E-state index in [0.29, 0.717) is 16.3 Å². The zero-order valence-electron chi connectivity index (χ0n) is 15.3. The van der Waals surface area contributed by atoms with Gasteiger partial charge in [-0.15, -0.1) is 10.2 Å². The Balaban J connectivity index is 1.73. The third kappa shape index (κ3) is 4.69. The van der Waals surface area contributed by atoms with Crippen LogP contribution in [-0.4, -0.2) is 10.2 Å². The molecule has 0 fully saturated rings. The Bertz CT molecular complexity index is 951. The van der Waals surface area contributed by atoms with Gasteiger partial charge in [0.05, 0.1) is 11.3 Å². The van der Waals surface area contributed by atoms with Crippen LogP contribution in [0.15, 0.2) is 53.6 Å². The summed E-state index contributed by atoms with van der Waals surface area (Å²) in [5.74, 6) is 0.403. The highest BCUT2D eigenvalue weighted by Gasteiger charge is 2.30. The van der Waals surface area contributed by atoms with Gasteiger partial charge in [0.1, 0.15) is 5.03 Å². The average Bonchev–Trinajstić information content (AvgIpc) is 2.63. The molecule has 0 spiro atoms. The average molecular weight is 388 g/mol. The fraction of sp³-hybridized carbons (Fsp3) is 0.238. The van der Waals surface area contributed by atoms with Gasteiger partial charge in [-0.25, -0.2) is 0 Å². The Morgan fingerprint density at radius 1 is 0.852 bits per heavy atom. The van der Waals surface area contributed by atoms with Gasteiger partial charge in [-0.2, -0.15) is 13.2 Å². The van der Waals surface area contributed by atoms with Gasteiger partial charge in [-0.1, -0.05) is 36.0 Å². The third-order valence-corrected chi connectivity index (χ3v) is 5.39. The summed E-state index contributed by atoms with van der Waals surface area (Å²) in [5.41, 5.74) is 5.37. The van der Waals surface area contributed by atoms with Crippen molar-refractivity contribution in [2.24, 2.45) is 0 Å². The first-order valence-electron chi connectivity index (χ1n) is 8.45. The Morgan fingerprint density at radius 3 is 2.26 bits per heavy atom. The molecule has 1 heterocycles. The highest BCUT2D eigenvalue weighted by Crippen LogP contribution is 2.31. The van der Waals surface area contributed by atoms with Crippen molar-refractivity contribution < 1.29 is 13.2 Å². The predicted molar refractivity (Wildman–Crippen MR) is 103 cm³/mol. The topological polar surface area (TPSA) is 25.8 Å². The van der Waals surface area contributed by atoms with Gasteiger partial charge >= 0.3 is 6.18 Å². The highest BCUT2D eigenvalue weighted by atomic mass is 32.2. The van der Waals surface area contributed by atoms with Gasteiger partial charge in [0, 0.05) is 11.3 Å². The van der Waals surface area contributed by atoms with Gasteiger partial charge in [-0.3, -0.25) is 0 Å². The van der Waals surface area contributed by atoms with Crippen LogP contribution in [0.2, 0.25) is 0 Å². The maximum atomic E-state index is 12.8. The first-order valence-corrected chi connectivity index (χ1v) is 9.43. The van der Waals surface area contributed by atoms with Crippen molar-refractivity contribution in [1.82, 2.24) is 10.2 Å². The van der Waals surface area contributed by atoms with Crippen molar-refractivity contribution in [1.29, 1.82) is 0 Å². The number of benzene rings is 2. The highest BCUT2D eigenvalue weighted by molar-refractivity contribution is 7.98. The second-order valence-electron chi connectivity index (χ2n) is 6.50. The van der Waals surface area contributed by atoms with Crippen molar-refractivity contribution in [2.75, 3.05) is 0 Å². The lowest BCUT2D eigenvalue weighted by atomic mass is 9.99. The van der Waals surface area contributed by atoms with E-state index in [4.69, 9.17) is 0 Å². The maximum Gasteiger partial charge on any atom is 0.416 e. The molecule has 3 rings (SSSR count). The summed E-state index contributed by atoms with van der Waals surface area (Å²) < 4.78 is 38.4. The molecule has 6 heteroatoms. The third-order valence-electron chi connectivity index (χ3n) is 4.40. The second kappa shape index (κ2) is 7.72. The lowest BCUT2D eigenvalue weighted by Crippen LogP contribution is -2.04. The number of aromatic nitrogens is 2. The number of hydrogen-bond donors (Lipinski definition) is 0. The van der Waals surface area contributed by atoms with Gasteiger partial charge in [0.2, 0.25) is 0 Å². The molecular weight excluding hydrogens is 369 g/mol. The molecule has 0 aliphatic carbocycles. The maximum absolute atomic E-state index is 12.8. The van der Waals surface area contributed by atoms with Crippen molar-refractivity contribution in [3.8, 4) is 11.3 Å². The fourth-order valence-electron chi connectivity index (χ4n) is 2.77. The van der Waals surface area contributed by atoms with Gasteiger partial charge in [-0.05, 0) is 67.3 Å². The van der Waals surface area contributed by atoms with Crippen LogP contribution >= 0.6 is 11.8 Å². The molecule has 0 unspecified atom stereocenters. The largest absolute Gasteiger partial charge is 0.416 e. The van der Waals surface area contributed by atoms with Crippen LogP contribution in [0.25, 0.3) is 11.3 Å². The molecule has 140 valence electrons. The second-order valence-corrected chi connectivity index (χ2v) is 7.49. The van der Waals surface area contributed by atoms with Gasteiger partial charge in [0.25, 0.3) is 0 Å². The van der Waals surface area contributed by atoms with E-state index in [1.807, 2.05) is 19.1 Å². The molecule has 0 bridgehead atoms. The predicted octanol–water partition coefficient (Wildman–Crippen LogP) is 6.38. The Labute approximate surface area is 160 Å². The summed E-state index contributed by atoms with van der Waals surface area (Å²) in [4.78, 5) is 0. The number of alkyl halides is 3. The molecular formula is C21H19F3N2S. The zero-order chi connectivity index (χ0) is 19.6. The lowest BCUT2D eigenvalue weighted by molar-refractivity contribution is -0.137. The summed E-state index contributed by atoms with van der Waals surface area (Å²) >= 11 is 1.37. The minimum atomic E-state index is -4.33. The SMILES string of the molecule is Cc1cc(C)c(-c2ccc(SCc3cccc(C(F)(F)F)c3)nn2)cc1C. The monoisotopic (exact) mass is 388 g/mol. The van der Waals surface area contributed by atoms with Crippen LogP contribution in [0.5, 0.6) is 0 Å². The number of halogens is 3. The molecule has 0 amide bonds. The summed E-state index contributed by atoms with van der Waals surface area (Å²) in [6.45, 7) is 6.18. The molecule has 0 aliphatic rings. The van der Waals surface area contributed by atoms with Crippen LogP contribution < -0.4 is 0 Å². The van der Waals surface area contributed by atoms with E-state index in [9.17, 15) is 13.2 Å². The lowest BCUT2D eigenvalue weighted by Gasteiger charge is -2.10. The summed E-state index contributed by atoms with van der Waals surface area (Å²) in [7, 11) is 0. The molecule has 2 aromatic carbocycles. The van der Waals surface area contributed by atoms with E-state index in [2.05, 4.69) is 36.2 Å². The Hall–Kier alpha value is -2.34. The van der Waals surface area contributed by atoms with Crippen LogP contribution in [0.4, 0.5) is 13.2 Å². The number of rotatable bonds is 4. The number of aryl methyl sites for hydroxylation is 3. The van der Waals surface area contributed by atoms with Crippen LogP contribution in [0, 0.1) is 20.8 Å². The van der Waals surface area contributed by atoms with Crippen LogP contribution in [-0.2, 0) is 11.9 Å². The quantitative estimate of drug-likeness (QED) is 0.485. The summed E-state index contributed by atoms with van der Waals surface area (Å²) in [6, 6.07) is 13.3. The molecule has 2 nitrogen and oxygen atoms in total. The fourth-order valence-corrected chi connectivity index (χ4v) is 3.53. The first kappa shape index (κ1) is 19.4. The zero-order valence-corrected chi connectivity index (χ0v) is 16.1. The van der Waals surface area contributed by atoms with Crippen molar-refractivity contribution >= 4 is 11.8 Å². The number of nitrogens with zero attached hydrogens (tertiary/aromatic N) is 2. The molecule has 3 aromatic rings. The molecule has 27 heavy (non-hydrogen) atoms. The van der Waals surface area contributed by atoms with E-state index in [1.165, 1.54) is 35.0 Å². The van der Waals surface area contributed by atoms with E-state index >= 15 is 0 Å². The molecule has 0 aliphatic heterocycles. The molecule has 1 aromatic heterocycles. The molecule has 0 radical (unpaired) electrons. The van der Waals surface area contributed by atoms with E-state index < -0.39 is 11.7 Å². The van der Waals surface area contributed by atoms with E-state index in [0.717, 1.165) is 22.9 Å². The number of thioether (sulfide) groups is 1.